The molecule has 2 N–H and O–H groups in total. The van der Waals surface area contributed by atoms with Crippen LogP contribution in [0.5, 0.6) is 0 Å². The predicted octanol–water partition coefficient (Wildman–Crippen LogP) is 2.28. The van der Waals surface area contributed by atoms with Crippen LogP contribution >= 0.6 is 0 Å². The van der Waals surface area contributed by atoms with E-state index in [1.54, 1.807) is 6.07 Å². The number of hydrogen-bond donors (Lipinski definition) is 2. The Hall–Kier alpha value is -1.65. The van der Waals surface area contributed by atoms with Crippen molar-refractivity contribution in [3.05, 3.63) is 17.6 Å². The molecule has 0 bridgehead atoms. The van der Waals surface area contributed by atoms with E-state index in [0.29, 0.717) is 17.6 Å². The van der Waals surface area contributed by atoms with Gasteiger partial charge in [-0.15, -0.1) is 0 Å². The number of carbonyl (C=O) groups is 1. The quantitative estimate of drug-likeness (QED) is 0.854. The molecule has 104 valence electrons. The minimum Gasteiger partial charge on any atom is -0.370 e. The van der Waals surface area contributed by atoms with Crippen LogP contribution in [0.3, 0.4) is 0 Å². The fraction of sp³-hybridized carbons (Fsp3) is 0.643. The van der Waals surface area contributed by atoms with Gasteiger partial charge in [-0.05, 0) is 26.2 Å². The van der Waals surface area contributed by atoms with Gasteiger partial charge in [0.2, 0.25) is 0 Å². The van der Waals surface area contributed by atoms with Gasteiger partial charge in [0, 0.05) is 18.7 Å². The molecule has 1 aromatic rings. The highest BCUT2D eigenvalue weighted by Crippen LogP contribution is 2.18. The molecule has 5 heteroatoms. The Morgan fingerprint density at radius 2 is 2.11 bits per heavy atom. The maximum absolute atomic E-state index is 12.1. The van der Waals surface area contributed by atoms with E-state index < -0.39 is 0 Å². The fourth-order valence-corrected chi connectivity index (χ4v) is 2.36. The van der Waals surface area contributed by atoms with Crippen molar-refractivity contribution in [3.63, 3.8) is 0 Å². The van der Waals surface area contributed by atoms with Crippen LogP contribution in [-0.2, 0) is 0 Å². The van der Waals surface area contributed by atoms with Crippen molar-refractivity contribution in [2.45, 2.75) is 52.0 Å². The van der Waals surface area contributed by atoms with Crippen molar-refractivity contribution in [2.24, 2.45) is 0 Å². The first-order valence-corrected chi connectivity index (χ1v) is 7.09. The summed E-state index contributed by atoms with van der Waals surface area (Å²) in [7, 11) is 0. The highest BCUT2D eigenvalue weighted by atomic mass is 16.1. The van der Waals surface area contributed by atoms with Crippen LogP contribution in [0, 0.1) is 6.92 Å². The Labute approximate surface area is 114 Å². The summed E-state index contributed by atoms with van der Waals surface area (Å²) in [4.78, 5) is 20.7. The van der Waals surface area contributed by atoms with Crippen LogP contribution in [-0.4, -0.2) is 28.5 Å². The zero-order valence-electron chi connectivity index (χ0n) is 11.7. The monoisotopic (exact) mass is 262 g/mol. The van der Waals surface area contributed by atoms with Crippen LogP contribution in [0.1, 0.15) is 55.3 Å². The number of carbonyl (C=O) groups excluding carboxylic acids is 1. The van der Waals surface area contributed by atoms with Crippen LogP contribution in [0.2, 0.25) is 0 Å². The van der Waals surface area contributed by atoms with Gasteiger partial charge in [0.15, 0.2) is 0 Å². The first-order valence-electron chi connectivity index (χ1n) is 7.09. The van der Waals surface area contributed by atoms with Crippen molar-refractivity contribution in [3.8, 4) is 0 Å². The Morgan fingerprint density at radius 1 is 1.37 bits per heavy atom. The summed E-state index contributed by atoms with van der Waals surface area (Å²) in [6, 6.07) is 2.04. The number of aromatic nitrogens is 2. The number of amides is 1. The van der Waals surface area contributed by atoms with Gasteiger partial charge in [0.25, 0.3) is 5.91 Å². The summed E-state index contributed by atoms with van der Waals surface area (Å²) < 4.78 is 0. The molecule has 1 saturated carbocycles. The Bertz CT molecular complexity index is 441. The molecule has 0 spiro atoms. The van der Waals surface area contributed by atoms with Crippen molar-refractivity contribution < 1.29 is 4.79 Å². The highest BCUT2D eigenvalue weighted by Gasteiger charge is 2.19. The maximum atomic E-state index is 12.1. The van der Waals surface area contributed by atoms with Crippen molar-refractivity contribution in [1.82, 2.24) is 15.3 Å². The second kappa shape index (κ2) is 6.50. The average Bonchev–Trinajstić information content (AvgIpc) is 2.88. The third-order valence-corrected chi connectivity index (χ3v) is 3.32. The van der Waals surface area contributed by atoms with Gasteiger partial charge in [0.05, 0.1) is 0 Å². The number of anilines is 1. The smallest absolute Gasteiger partial charge is 0.270 e. The Kier molecular flexibility index (Phi) is 4.71. The van der Waals surface area contributed by atoms with Gasteiger partial charge >= 0.3 is 0 Å². The minimum atomic E-state index is -0.0862. The average molecular weight is 262 g/mol. The van der Waals surface area contributed by atoms with Gasteiger partial charge in [0.1, 0.15) is 17.3 Å². The molecule has 0 atom stereocenters. The van der Waals surface area contributed by atoms with Crippen molar-refractivity contribution in [1.29, 1.82) is 0 Å². The van der Waals surface area contributed by atoms with Crippen molar-refractivity contribution in [2.75, 3.05) is 11.9 Å². The first kappa shape index (κ1) is 13.8. The molecule has 0 unspecified atom stereocenters. The summed E-state index contributed by atoms with van der Waals surface area (Å²) in [5.41, 5.74) is 0.456. The molecular weight excluding hydrogens is 240 g/mol. The Morgan fingerprint density at radius 3 is 2.79 bits per heavy atom. The van der Waals surface area contributed by atoms with Gasteiger partial charge in [-0.2, -0.15) is 0 Å². The summed E-state index contributed by atoms with van der Waals surface area (Å²) >= 11 is 0. The van der Waals surface area contributed by atoms with Crippen LogP contribution in [0.25, 0.3) is 0 Å². The van der Waals surface area contributed by atoms with Crippen molar-refractivity contribution >= 4 is 11.7 Å². The SMILES string of the molecule is CCCNc1cc(C(=O)NC2CCCC2)nc(C)n1. The normalized spacial score (nSPS) is 15.5. The topological polar surface area (TPSA) is 66.9 Å². The maximum Gasteiger partial charge on any atom is 0.270 e. The van der Waals surface area contributed by atoms with Crippen LogP contribution < -0.4 is 10.6 Å². The molecule has 1 fully saturated rings. The summed E-state index contributed by atoms with van der Waals surface area (Å²) in [6.07, 6.45) is 5.59. The first-order chi connectivity index (χ1) is 9.19. The summed E-state index contributed by atoms with van der Waals surface area (Å²) in [5, 5.41) is 6.24. The molecule has 1 aliphatic rings. The second-order valence-electron chi connectivity index (χ2n) is 5.07. The summed E-state index contributed by atoms with van der Waals surface area (Å²) in [5.74, 6) is 1.26. The second-order valence-corrected chi connectivity index (χ2v) is 5.07. The van der Waals surface area contributed by atoms with Gasteiger partial charge in [-0.3, -0.25) is 4.79 Å². The molecule has 0 radical (unpaired) electrons. The third kappa shape index (κ3) is 3.91. The molecule has 19 heavy (non-hydrogen) atoms. The van der Waals surface area contributed by atoms with E-state index in [1.807, 2.05) is 6.92 Å². The largest absolute Gasteiger partial charge is 0.370 e. The number of rotatable bonds is 5. The highest BCUT2D eigenvalue weighted by molar-refractivity contribution is 5.93. The molecule has 1 amide bonds. The van der Waals surface area contributed by atoms with Crippen LogP contribution in [0.15, 0.2) is 6.07 Å². The Balaban J connectivity index is 2.04. The minimum absolute atomic E-state index is 0.0862. The van der Waals surface area contributed by atoms with E-state index >= 15 is 0 Å². The molecule has 1 heterocycles. The molecular formula is C14H22N4O. The van der Waals surface area contributed by atoms with E-state index in [4.69, 9.17) is 0 Å². The zero-order valence-corrected chi connectivity index (χ0v) is 11.7. The standard InChI is InChI=1S/C14H22N4O/c1-3-8-15-13-9-12(16-10(2)17-13)14(19)18-11-6-4-5-7-11/h9,11H,3-8H2,1-2H3,(H,18,19)(H,15,16,17). The molecule has 5 nitrogen and oxygen atoms in total. The fourth-order valence-electron chi connectivity index (χ4n) is 2.36. The lowest BCUT2D eigenvalue weighted by atomic mass is 10.2. The third-order valence-electron chi connectivity index (χ3n) is 3.32. The van der Waals surface area contributed by atoms with Crippen LogP contribution in [0.4, 0.5) is 5.82 Å². The molecule has 2 rings (SSSR count). The van der Waals surface area contributed by atoms with E-state index in [0.717, 1.165) is 31.6 Å². The lowest BCUT2D eigenvalue weighted by Crippen LogP contribution is -2.33. The molecule has 0 aliphatic heterocycles. The van der Waals surface area contributed by atoms with Gasteiger partial charge < -0.3 is 10.6 Å². The molecule has 1 aromatic heterocycles. The van der Waals surface area contributed by atoms with Gasteiger partial charge in [-0.1, -0.05) is 19.8 Å². The number of aryl methyl sites for hydroxylation is 1. The van der Waals surface area contributed by atoms with E-state index in [9.17, 15) is 4.79 Å². The molecule has 0 aromatic carbocycles. The predicted molar refractivity (Wildman–Crippen MR) is 75.3 cm³/mol. The number of nitrogens with zero attached hydrogens (tertiary/aromatic N) is 2. The molecule has 0 saturated heterocycles. The lowest BCUT2D eigenvalue weighted by Gasteiger charge is -2.12. The van der Waals surface area contributed by atoms with E-state index in [-0.39, 0.29) is 5.91 Å². The zero-order chi connectivity index (χ0) is 13.7. The molecule has 1 aliphatic carbocycles. The van der Waals surface area contributed by atoms with Gasteiger partial charge in [-0.25, -0.2) is 9.97 Å². The summed E-state index contributed by atoms with van der Waals surface area (Å²) in [6.45, 7) is 4.75. The number of hydrogen-bond acceptors (Lipinski definition) is 4. The number of nitrogens with one attached hydrogen (secondary N) is 2. The van der Waals surface area contributed by atoms with E-state index in [1.165, 1.54) is 12.8 Å². The lowest BCUT2D eigenvalue weighted by molar-refractivity contribution is 0.0932. The van der Waals surface area contributed by atoms with E-state index in [2.05, 4.69) is 27.5 Å².